The molecule has 4 rings (SSSR count). The molecule has 0 N–H and O–H groups in total. The van der Waals surface area contributed by atoms with Crippen LogP contribution in [0.4, 0.5) is 0 Å². The van der Waals surface area contributed by atoms with Gasteiger partial charge >= 0.3 is 5.97 Å². The van der Waals surface area contributed by atoms with Crippen LogP contribution in [-0.2, 0) is 10.3 Å². The van der Waals surface area contributed by atoms with Gasteiger partial charge in [0.1, 0.15) is 5.75 Å². The van der Waals surface area contributed by atoms with Crippen molar-refractivity contribution in [1.29, 1.82) is 0 Å². The highest BCUT2D eigenvalue weighted by Crippen LogP contribution is 2.42. The quantitative estimate of drug-likeness (QED) is 0.663. The van der Waals surface area contributed by atoms with Gasteiger partial charge in [0.05, 0.1) is 12.7 Å². The molecule has 0 bridgehead atoms. The first-order valence-electron chi connectivity index (χ1n) is 7.53. The molecule has 3 heteroatoms. The summed E-state index contributed by atoms with van der Waals surface area (Å²) in [4.78, 5) is 12.2. The zero-order valence-corrected chi connectivity index (χ0v) is 13.0. The van der Waals surface area contributed by atoms with Crippen LogP contribution >= 0.6 is 0 Å². The topological polar surface area (TPSA) is 35.5 Å². The molecule has 1 aliphatic rings. The lowest BCUT2D eigenvalue weighted by Gasteiger charge is -2.25. The lowest BCUT2D eigenvalue weighted by molar-refractivity contribution is 0.0180. The van der Waals surface area contributed by atoms with Gasteiger partial charge in [-0.2, -0.15) is 0 Å². The van der Waals surface area contributed by atoms with Crippen molar-refractivity contribution < 1.29 is 14.3 Å². The molecule has 0 aliphatic carbocycles. The average molecular weight is 304 g/mol. The van der Waals surface area contributed by atoms with Crippen LogP contribution in [0.1, 0.15) is 28.4 Å². The number of methoxy groups -OCH3 is 1. The van der Waals surface area contributed by atoms with Crippen LogP contribution < -0.4 is 4.74 Å². The molecule has 3 aromatic carbocycles. The molecule has 0 aromatic heterocycles. The van der Waals surface area contributed by atoms with E-state index in [-0.39, 0.29) is 5.97 Å². The summed E-state index contributed by atoms with van der Waals surface area (Å²) < 4.78 is 11.0. The molecule has 0 fully saturated rings. The van der Waals surface area contributed by atoms with Crippen molar-refractivity contribution in [3.8, 4) is 5.75 Å². The summed E-state index contributed by atoms with van der Waals surface area (Å²) in [7, 11) is 1.66. The molecular weight excluding hydrogens is 288 g/mol. The van der Waals surface area contributed by atoms with Crippen molar-refractivity contribution in [2.45, 2.75) is 12.5 Å². The highest BCUT2D eigenvalue weighted by molar-refractivity contribution is 5.95. The van der Waals surface area contributed by atoms with Crippen LogP contribution in [0.2, 0.25) is 0 Å². The third kappa shape index (κ3) is 2.00. The van der Waals surface area contributed by atoms with Crippen molar-refractivity contribution in [3.05, 3.63) is 77.4 Å². The molecule has 0 saturated heterocycles. The van der Waals surface area contributed by atoms with Gasteiger partial charge in [-0.05, 0) is 42.0 Å². The Morgan fingerprint density at radius 1 is 0.957 bits per heavy atom. The van der Waals surface area contributed by atoms with Gasteiger partial charge in [-0.1, -0.05) is 36.4 Å². The highest BCUT2D eigenvalue weighted by atomic mass is 16.6. The Morgan fingerprint density at radius 2 is 1.70 bits per heavy atom. The molecule has 23 heavy (non-hydrogen) atoms. The summed E-state index contributed by atoms with van der Waals surface area (Å²) in [5.74, 6) is 0.562. The van der Waals surface area contributed by atoms with E-state index in [0.29, 0.717) is 5.56 Å². The SMILES string of the molecule is COc1ccc2cc([C@@]3(C)OC(=O)c4ccccc43)ccc2c1. The number of benzene rings is 3. The summed E-state index contributed by atoms with van der Waals surface area (Å²) in [5.41, 5.74) is 1.78. The first-order valence-corrected chi connectivity index (χ1v) is 7.53. The number of hydrogen-bond acceptors (Lipinski definition) is 3. The number of ether oxygens (including phenoxy) is 2. The van der Waals surface area contributed by atoms with Crippen LogP contribution in [0, 0.1) is 0 Å². The number of hydrogen-bond donors (Lipinski definition) is 0. The van der Waals surface area contributed by atoms with Gasteiger partial charge in [0.15, 0.2) is 5.60 Å². The van der Waals surface area contributed by atoms with E-state index in [1.54, 1.807) is 7.11 Å². The second kappa shape index (κ2) is 4.85. The summed E-state index contributed by atoms with van der Waals surface area (Å²) in [6, 6.07) is 19.6. The average Bonchev–Trinajstić information content (AvgIpc) is 2.86. The summed E-state index contributed by atoms with van der Waals surface area (Å²) in [6.45, 7) is 1.95. The van der Waals surface area contributed by atoms with E-state index in [1.807, 2.05) is 61.5 Å². The lowest BCUT2D eigenvalue weighted by Crippen LogP contribution is -2.23. The largest absolute Gasteiger partial charge is 0.497 e. The minimum Gasteiger partial charge on any atom is -0.497 e. The van der Waals surface area contributed by atoms with E-state index in [2.05, 4.69) is 6.07 Å². The summed E-state index contributed by atoms with van der Waals surface area (Å²) in [6.07, 6.45) is 0. The van der Waals surface area contributed by atoms with E-state index in [0.717, 1.165) is 27.6 Å². The van der Waals surface area contributed by atoms with Gasteiger partial charge in [-0.25, -0.2) is 4.79 Å². The Hall–Kier alpha value is -2.81. The summed E-state index contributed by atoms with van der Waals surface area (Å²) in [5, 5.41) is 2.18. The number of rotatable bonds is 2. The minimum atomic E-state index is -0.748. The first kappa shape index (κ1) is 13.8. The van der Waals surface area contributed by atoms with Gasteiger partial charge in [-0.3, -0.25) is 0 Å². The molecule has 0 saturated carbocycles. The lowest BCUT2D eigenvalue weighted by atomic mass is 9.86. The van der Waals surface area contributed by atoms with E-state index < -0.39 is 5.60 Å². The molecule has 0 radical (unpaired) electrons. The Kier molecular flexibility index (Phi) is 2.91. The van der Waals surface area contributed by atoms with Crippen molar-refractivity contribution in [2.75, 3.05) is 7.11 Å². The Morgan fingerprint density at radius 3 is 2.52 bits per heavy atom. The number of esters is 1. The third-order valence-corrected chi connectivity index (χ3v) is 4.56. The van der Waals surface area contributed by atoms with Crippen LogP contribution in [0.3, 0.4) is 0 Å². The van der Waals surface area contributed by atoms with Gasteiger partial charge < -0.3 is 9.47 Å². The zero-order chi connectivity index (χ0) is 16.0. The van der Waals surface area contributed by atoms with Crippen LogP contribution in [0.25, 0.3) is 10.8 Å². The number of fused-ring (bicyclic) bond motifs is 2. The maximum atomic E-state index is 12.2. The Labute approximate surface area is 134 Å². The molecule has 0 amide bonds. The summed E-state index contributed by atoms with van der Waals surface area (Å²) >= 11 is 0. The molecule has 1 atom stereocenters. The second-order valence-electron chi connectivity index (χ2n) is 5.90. The fourth-order valence-electron chi connectivity index (χ4n) is 3.23. The fraction of sp³-hybridized carbons (Fsp3) is 0.150. The van der Waals surface area contributed by atoms with E-state index in [9.17, 15) is 4.79 Å². The van der Waals surface area contributed by atoms with Crippen molar-refractivity contribution in [3.63, 3.8) is 0 Å². The fourth-order valence-corrected chi connectivity index (χ4v) is 3.23. The predicted molar refractivity (Wildman–Crippen MR) is 88.8 cm³/mol. The van der Waals surface area contributed by atoms with Crippen LogP contribution in [0.5, 0.6) is 5.75 Å². The highest BCUT2D eigenvalue weighted by Gasteiger charge is 2.42. The van der Waals surface area contributed by atoms with Crippen LogP contribution in [0.15, 0.2) is 60.7 Å². The molecule has 1 aliphatic heterocycles. The monoisotopic (exact) mass is 304 g/mol. The molecule has 1 heterocycles. The number of cyclic esters (lactones) is 1. The number of carbonyl (C=O) groups excluding carboxylic acids is 1. The third-order valence-electron chi connectivity index (χ3n) is 4.56. The molecule has 0 unspecified atom stereocenters. The Bertz CT molecular complexity index is 929. The van der Waals surface area contributed by atoms with Gasteiger partial charge in [0.25, 0.3) is 0 Å². The van der Waals surface area contributed by atoms with E-state index >= 15 is 0 Å². The maximum absolute atomic E-state index is 12.2. The molecule has 3 aromatic rings. The van der Waals surface area contributed by atoms with Gasteiger partial charge in [-0.15, -0.1) is 0 Å². The molecule has 3 nitrogen and oxygen atoms in total. The Balaban J connectivity index is 1.88. The molecular formula is C20H16O3. The van der Waals surface area contributed by atoms with E-state index in [1.165, 1.54) is 0 Å². The van der Waals surface area contributed by atoms with Crippen molar-refractivity contribution >= 4 is 16.7 Å². The first-order chi connectivity index (χ1) is 11.1. The number of carbonyl (C=O) groups is 1. The standard InChI is InChI=1S/C20H16O3/c1-20(18-6-4-3-5-17(18)19(21)23-20)15-9-7-14-12-16(22-2)10-8-13(14)11-15/h3-12H,1-2H3/t20-/m1/s1. The smallest absolute Gasteiger partial charge is 0.339 e. The van der Waals surface area contributed by atoms with Crippen molar-refractivity contribution in [2.24, 2.45) is 0 Å². The zero-order valence-electron chi connectivity index (χ0n) is 13.0. The van der Waals surface area contributed by atoms with Crippen LogP contribution in [-0.4, -0.2) is 13.1 Å². The van der Waals surface area contributed by atoms with E-state index in [4.69, 9.17) is 9.47 Å². The maximum Gasteiger partial charge on any atom is 0.339 e. The minimum absolute atomic E-state index is 0.266. The normalized spacial score (nSPS) is 19.5. The molecule has 0 spiro atoms. The molecule has 114 valence electrons. The van der Waals surface area contributed by atoms with Crippen molar-refractivity contribution in [1.82, 2.24) is 0 Å². The van der Waals surface area contributed by atoms with Gasteiger partial charge in [0.2, 0.25) is 0 Å². The van der Waals surface area contributed by atoms with Gasteiger partial charge in [0, 0.05) is 11.1 Å². The second-order valence-corrected chi connectivity index (χ2v) is 5.90. The predicted octanol–water partition coefficient (Wildman–Crippen LogP) is 4.28.